The lowest BCUT2D eigenvalue weighted by atomic mass is 10.1. The maximum atomic E-state index is 15.4. The number of halogens is 2. The van der Waals surface area contributed by atoms with E-state index in [0.717, 1.165) is 6.07 Å². The van der Waals surface area contributed by atoms with Gasteiger partial charge in [0.25, 0.3) is 5.91 Å². The molecule has 1 amide bonds. The van der Waals surface area contributed by atoms with E-state index in [1.54, 1.807) is 33.4 Å². The van der Waals surface area contributed by atoms with Gasteiger partial charge in [-0.05, 0) is 49.4 Å². The van der Waals surface area contributed by atoms with Crippen LogP contribution in [0.1, 0.15) is 27.6 Å². The monoisotopic (exact) mass is 631 g/mol. The number of hydrogen-bond acceptors (Lipinski definition) is 8. The van der Waals surface area contributed by atoms with E-state index in [-0.39, 0.29) is 23.6 Å². The minimum atomic E-state index is -1.36. The van der Waals surface area contributed by atoms with E-state index in [2.05, 4.69) is 20.1 Å². The predicted molar refractivity (Wildman–Crippen MR) is 166 cm³/mol. The zero-order valence-corrected chi connectivity index (χ0v) is 24.8. The molecule has 3 aromatic heterocycles. The summed E-state index contributed by atoms with van der Waals surface area (Å²) in [4.78, 5) is 44.6. The Morgan fingerprint density at radius 1 is 1.02 bits per heavy atom. The molecular formula is C31H27ClFN7O5. The summed E-state index contributed by atoms with van der Waals surface area (Å²) < 4.78 is 18.6. The molecule has 1 fully saturated rings. The van der Waals surface area contributed by atoms with E-state index in [1.807, 2.05) is 11.8 Å². The minimum absolute atomic E-state index is 0.0159. The third kappa shape index (κ3) is 5.63. The van der Waals surface area contributed by atoms with Crippen LogP contribution in [0.2, 0.25) is 5.02 Å². The van der Waals surface area contributed by atoms with E-state index in [9.17, 15) is 24.6 Å². The molecule has 230 valence electrons. The third-order valence-electron chi connectivity index (χ3n) is 7.91. The highest BCUT2D eigenvalue weighted by molar-refractivity contribution is 6.31. The van der Waals surface area contributed by atoms with Gasteiger partial charge in [-0.25, -0.2) is 9.18 Å². The summed E-state index contributed by atoms with van der Waals surface area (Å²) in [6.07, 6.45) is 4.23. The van der Waals surface area contributed by atoms with Gasteiger partial charge in [0.15, 0.2) is 5.69 Å². The van der Waals surface area contributed by atoms with Crippen LogP contribution >= 0.6 is 11.6 Å². The van der Waals surface area contributed by atoms with Gasteiger partial charge in [-0.2, -0.15) is 0 Å². The van der Waals surface area contributed by atoms with E-state index < -0.39 is 28.7 Å². The minimum Gasteiger partial charge on any atom is -0.493 e. The van der Waals surface area contributed by atoms with Crippen LogP contribution < -0.4 is 10.3 Å². The molecule has 0 atom stereocenters. The third-order valence-corrected chi connectivity index (χ3v) is 8.15. The van der Waals surface area contributed by atoms with Crippen molar-refractivity contribution in [3.8, 4) is 5.88 Å². The number of carbonyl (C=O) groups is 2. The molecule has 2 aromatic carbocycles. The number of anilines is 1. The molecule has 6 rings (SSSR count). The standard InChI is InChI=1S/C31H27ClFN7O5/c1-2-38-16-22(31(44)45)28(41)21-14-23(33)26(15-25(21)38)39-11-9-37(10-12-39)17-40-24-4-3-19(32)13-20(24)27(30(40)43)35-36-29(42)18-5-7-34-8-6-18/h3-8,13-16,43H,2,9-12,17H2,1H3,(H,44,45). The molecule has 0 bridgehead atoms. The lowest BCUT2D eigenvalue weighted by molar-refractivity contribution is 0.0694. The van der Waals surface area contributed by atoms with Crippen molar-refractivity contribution in [2.24, 2.45) is 10.2 Å². The molecule has 0 unspecified atom stereocenters. The maximum absolute atomic E-state index is 15.4. The molecule has 12 nitrogen and oxygen atoms in total. The Kier molecular flexibility index (Phi) is 8.04. The van der Waals surface area contributed by atoms with Crippen LogP contribution in [0.25, 0.3) is 21.8 Å². The molecule has 0 spiro atoms. The number of aromatic carboxylic acids is 1. The Bertz CT molecular complexity index is 2050. The number of azo groups is 1. The first-order valence-electron chi connectivity index (χ1n) is 14.1. The molecule has 1 aliphatic rings. The van der Waals surface area contributed by atoms with Crippen LogP contribution in [-0.4, -0.2) is 67.3 Å². The number of fused-ring (bicyclic) bond motifs is 2. The van der Waals surface area contributed by atoms with Crippen molar-refractivity contribution < 1.29 is 24.2 Å². The lowest BCUT2D eigenvalue weighted by Crippen LogP contribution is -2.47. The van der Waals surface area contributed by atoms with E-state index in [4.69, 9.17) is 11.6 Å². The number of carboxylic acid groups (broad SMARTS) is 1. The first kappa shape index (κ1) is 29.9. The second kappa shape index (κ2) is 12.1. The summed E-state index contributed by atoms with van der Waals surface area (Å²) >= 11 is 6.25. The van der Waals surface area contributed by atoms with Gasteiger partial charge in [-0.1, -0.05) is 11.6 Å². The Balaban J connectivity index is 1.24. The number of aryl methyl sites for hydroxylation is 1. The van der Waals surface area contributed by atoms with Crippen molar-refractivity contribution in [2.75, 3.05) is 31.1 Å². The molecular weight excluding hydrogens is 605 g/mol. The number of amides is 1. The smallest absolute Gasteiger partial charge is 0.341 e. The summed E-state index contributed by atoms with van der Waals surface area (Å²) in [5, 5.41) is 29.5. The van der Waals surface area contributed by atoms with Crippen LogP contribution in [0.4, 0.5) is 15.8 Å². The quantitative estimate of drug-likeness (QED) is 0.231. The highest BCUT2D eigenvalue weighted by atomic mass is 35.5. The number of carbonyl (C=O) groups excluding carboxylic acids is 1. The van der Waals surface area contributed by atoms with Gasteiger partial charge in [-0.3, -0.25) is 24.0 Å². The van der Waals surface area contributed by atoms with Crippen LogP contribution in [0.3, 0.4) is 0 Å². The first-order chi connectivity index (χ1) is 21.7. The molecule has 0 radical (unpaired) electrons. The Labute approximate surface area is 260 Å². The molecule has 2 N–H and O–H groups in total. The van der Waals surface area contributed by atoms with Gasteiger partial charge in [0.05, 0.1) is 23.4 Å². The number of pyridine rings is 2. The van der Waals surface area contributed by atoms with Crippen LogP contribution in [-0.2, 0) is 13.2 Å². The summed E-state index contributed by atoms with van der Waals surface area (Å²) in [5.74, 6) is -2.74. The zero-order chi connectivity index (χ0) is 31.8. The summed E-state index contributed by atoms with van der Waals surface area (Å²) in [6.45, 7) is 4.42. The fraction of sp³-hybridized carbons (Fsp3) is 0.226. The second-order valence-electron chi connectivity index (χ2n) is 10.5. The molecule has 0 aliphatic carbocycles. The van der Waals surface area contributed by atoms with Crippen LogP contribution in [0.15, 0.2) is 76.1 Å². The number of rotatable bonds is 7. The topological polar surface area (TPSA) is 146 Å². The molecule has 45 heavy (non-hydrogen) atoms. The number of aromatic hydroxyl groups is 1. The normalized spacial score (nSPS) is 14.2. The second-order valence-corrected chi connectivity index (χ2v) is 11.0. The van der Waals surface area contributed by atoms with Crippen molar-refractivity contribution in [1.82, 2.24) is 19.0 Å². The first-order valence-corrected chi connectivity index (χ1v) is 14.5. The van der Waals surface area contributed by atoms with Gasteiger partial charge in [-0.15, -0.1) is 10.2 Å². The molecule has 14 heteroatoms. The molecule has 1 saturated heterocycles. The average molecular weight is 632 g/mol. The number of aromatic nitrogens is 3. The van der Waals surface area contributed by atoms with Crippen molar-refractivity contribution >= 4 is 56.7 Å². The Morgan fingerprint density at radius 2 is 1.76 bits per heavy atom. The van der Waals surface area contributed by atoms with E-state index in [0.29, 0.717) is 65.4 Å². The number of hydrogen-bond donors (Lipinski definition) is 2. The summed E-state index contributed by atoms with van der Waals surface area (Å²) in [6, 6.07) is 10.8. The molecule has 1 aliphatic heterocycles. The van der Waals surface area contributed by atoms with Gasteiger partial charge in [0.2, 0.25) is 11.3 Å². The molecule has 0 saturated carbocycles. The number of nitrogens with zero attached hydrogens (tertiary/aromatic N) is 7. The van der Waals surface area contributed by atoms with Gasteiger partial charge < -0.3 is 19.7 Å². The number of carboxylic acids is 1. The lowest BCUT2D eigenvalue weighted by Gasteiger charge is -2.36. The highest BCUT2D eigenvalue weighted by Crippen LogP contribution is 2.40. The van der Waals surface area contributed by atoms with Gasteiger partial charge in [0, 0.05) is 72.7 Å². The Morgan fingerprint density at radius 3 is 2.44 bits per heavy atom. The predicted octanol–water partition coefficient (Wildman–Crippen LogP) is 5.27. The number of benzene rings is 2. The largest absolute Gasteiger partial charge is 0.493 e. The maximum Gasteiger partial charge on any atom is 0.341 e. The van der Waals surface area contributed by atoms with Crippen LogP contribution in [0, 0.1) is 5.82 Å². The Hall–Kier alpha value is -5.14. The highest BCUT2D eigenvalue weighted by Gasteiger charge is 2.25. The average Bonchev–Trinajstić information content (AvgIpc) is 3.29. The van der Waals surface area contributed by atoms with Gasteiger partial charge in [0.1, 0.15) is 11.4 Å². The zero-order valence-electron chi connectivity index (χ0n) is 24.0. The van der Waals surface area contributed by atoms with Crippen molar-refractivity contribution in [1.29, 1.82) is 0 Å². The summed E-state index contributed by atoms with van der Waals surface area (Å²) in [5.41, 5.74) is 0.702. The van der Waals surface area contributed by atoms with Gasteiger partial charge >= 0.3 is 5.97 Å². The molecule has 4 heterocycles. The van der Waals surface area contributed by atoms with E-state index >= 15 is 4.39 Å². The fourth-order valence-corrected chi connectivity index (χ4v) is 5.74. The van der Waals surface area contributed by atoms with Crippen molar-refractivity contribution in [3.05, 3.63) is 93.2 Å². The summed E-state index contributed by atoms with van der Waals surface area (Å²) in [7, 11) is 0. The number of piperazine rings is 1. The molecule has 5 aromatic rings. The fourth-order valence-electron chi connectivity index (χ4n) is 5.57. The van der Waals surface area contributed by atoms with Crippen molar-refractivity contribution in [3.63, 3.8) is 0 Å². The van der Waals surface area contributed by atoms with E-state index in [1.165, 1.54) is 30.7 Å². The SMILES string of the molecule is CCn1cc(C(=O)O)c(=O)c2cc(F)c(N3CCN(Cn4c(O)c(N=NC(=O)c5ccncc5)c5cc(Cl)ccc54)CC3)cc21. The van der Waals surface area contributed by atoms with Crippen LogP contribution in [0.5, 0.6) is 5.88 Å². The van der Waals surface area contributed by atoms with Crippen molar-refractivity contribution in [2.45, 2.75) is 20.1 Å².